The van der Waals surface area contributed by atoms with E-state index in [0.717, 1.165) is 19.3 Å². The number of hydrogen-bond acceptors (Lipinski definition) is 3. The topological polar surface area (TPSA) is 38.3 Å². The highest BCUT2D eigenvalue weighted by molar-refractivity contribution is 5.70. The van der Waals surface area contributed by atoms with Gasteiger partial charge >= 0.3 is 5.97 Å². The van der Waals surface area contributed by atoms with Gasteiger partial charge < -0.3 is 10.1 Å². The van der Waals surface area contributed by atoms with Crippen LogP contribution in [0.15, 0.2) is 0 Å². The Kier molecular flexibility index (Phi) is 4.00. The van der Waals surface area contributed by atoms with Crippen LogP contribution in [0.25, 0.3) is 0 Å². The zero-order valence-corrected chi connectivity index (χ0v) is 11.2. The van der Waals surface area contributed by atoms with Crippen LogP contribution >= 0.6 is 0 Å². The lowest BCUT2D eigenvalue weighted by Crippen LogP contribution is -2.54. The van der Waals surface area contributed by atoms with E-state index in [2.05, 4.69) is 26.1 Å². The van der Waals surface area contributed by atoms with Gasteiger partial charge in [0.05, 0.1) is 13.5 Å². The first-order valence-corrected chi connectivity index (χ1v) is 6.11. The number of methoxy groups -OCH3 is 1. The van der Waals surface area contributed by atoms with Gasteiger partial charge in [0.2, 0.25) is 0 Å². The highest BCUT2D eigenvalue weighted by Gasteiger charge is 2.44. The Bertz CT molecular complexity index is 263. The van der Waals surface area contributed by atoms with E-state index in [-0.39, 0.29) is 11.5 Å². The molecule has 3 nitrogen and oxygen atoms in total. The maximum atomic E-state index is 11.5. The fraction of sp³-hybridized carbons (Fsp3) is 0.923. The predicted molar refractivity (Wildman–Crippen MR) is 65.2 cm³/mol. The first-order valence-electron chi connectivity index (χ1n) is 6.11. The van der Waals surface area contributed by atoms with E-state index in [4.69, 9.17) is 4.74 Å². The van der Waals surface area contributed by atoms with Crippen molar-refractivity contribution in [3.05, 3.63) is 0 Å². The minimum Gasteiger partial charge on any atom is -0.469 e. The maximum Gasteiger partial charge on any atom is 0.307 e. The summed E-state index contributed by atoms with van der Waals surface area (Å²) in [5.41, 5.74) is 0.332. The molecule has 3 heteroatoms. The Hall–Kier alpha value is -0.570. The van der Waals surface area contributed by atoms with Gasteiger partial charge in [0.1, 0.15) is 0 Å². The summed E-state index contributed by atoms with van der Waals surface area (Å²) >= 11 is 0. The van der Waals surface area contributed by atoms with E-state index in [1.807, 2.05) is 7.05 Å². The standard InChI is InChI=1S/C13H25NO2/c1-10-8-12(2,3)6-7-13(10,14-4)9-11(15)16-5/h10,14H,6-9H2,1-5H3. The van der Waals surface area contributed by atoms with Gasteiger partial charge in [0, 0.05) is 5.54 Å². The molecule has 1 saturated carbocycles. The van der Waals surface area contributed by atoms with Crippen molar-refractivity contribution in [1.82, 2.24) is 5.32 Å². The molecule has 0 aliphatic heterocycles. The molecule has 0 spiro atoms. The van der Waals surface area contributed by atoms with E-state index >= 15 is 0 Å². The second-order valence-corrected chi connectivity index (χ2v) is 5.93. The highest BCUT2D eigenvalue weighted by atomic mass is 16.5. The molecule has 2 unspecified atom stereocenters. The third-order valence-corrected chi connectivity index (χ3v) is 4.24. The smallest absolute Gasteiger partial charge is 0.307 e. The Morgan fingerprint density at radius 3 is 2.50 bits per heavy atom. The fourth-order valence-corrected chi connectivity index (χ4v) is 2.99. The third-order valence-electron chi connectivity index (χ3n) is 4.24. The summed E-state index contributed by atoms with van der Waals surface area (Å²) in [4.78, 5) is 11.5. The maximum absolute atomic E-state index is 11.5. The van der Waals surface area contributed by atoms with E-state index in [1.54, 1.807) is 0 Å². The molecule has 0 aromatic rings. The quantitative estimate of drug-likeness (QED) is 0.752. The predicted octanol–water partition coefficient (Wildman–Crippen LogP) is 2.35. The van der Waals surface area contributed by atoms with Crippen LogP contribution in [-0.2, 0) is 9.53 Å². The van der Waals surface area contributed by atoms with E-state index < -0.39 is 0 Å². The van der Waals surface area contributed by atoms with Crippen LogP contribution in [0.3, 0.4) is 0 Å². The van der Waals surface area contributed by atoms with Gasteiger partial charge in [-0.25, -0.2) is 0 Å². The molecule has 1 rings (SSSR count). The van der Waals surface area contributed by atoms with Crippen LogP contribution in [0, 0.1) is 11.3 Å². The molecule has 94 valence electrons. The Balaban J connectivity index is 2.77. The van der Waals surface area contributed by atoms with Crippen molar-refractivity contribution in [2.24, 2.45) is 11.3 Å². The number of hydrogen-bond donors (Lipinski definition) is 1. The fourth-order valence-electron chi connectivity index (χ4n) is 2.99. The summed E-state index contributed by atoms with van der Waals surface area (Å²) in [7, 11) is 3.42. The van der Waals surface area contributed by atoms with Crippen LogP contribution in [0.2, 0.25) is 0 Å². The van der Waals surface area contributed by atoms with Crippen molar-refractivity contribution in [1.29, 1.82) is 0 Å². The summed E-state index contributed by atoms with van der Waals surface area (Å²) < 4.78 is 4.80. The first-order chi connectivity index (χ1) is 7.35. The molecule has 0 amide bonds. The summed E-state index contributed by atoms with van der Waals surface area (Å²) in [5, 5.41) is 3.37. The first kappa shape index (κ1) is 13.5. The van der Waals surface area contributed by atoms with Crippen LogP contribution in [0.5, 0.6) is 0 Å². The van der Waals surface area contributed by atoms with Crippen molar-refractivity contribution < 1.29 is 9.53 Å². The van der Waals surface area contributed by atoms with Gasteiger partial charge in [0.25, 0.3) is 0 Å². The largest absolute Gasteiger partial charge is 0.469 e. The molecule has 0 bridgehead atoms. The van der Waals surface area contributed by atoms with E-state index in [0.29, 0.717) is 17.8 Å². The number of carbonyl (C=O) groups excluding carboxylic acids is 1. The Morgan fingerprint density at radius 1 is 1.44 bits per heavy atom. The number of rotatable bonds is 3. The van der Waals surface area contributed by atoms with E-state index in [9.17, 15) is 4.79 Å². The zero-order valence-electron chi connectivity index (χ0n) is 11.2. The van der Waals surface area contributed by atoms with Gasteiger partial charge in [-0.1, -0.05) is 20.8 Å². The number of esters is 1. The minimum absolute atomic E-state index is 0.0669. The Morgan fingerprint density at radius 2 is 2.06 bits per heavy atom. The number of carbonyl (C=O) groups is 1. The lowest BCUT2D eigenvalue weighted by atomic mass is 9.63. The van der Waals surface area contributed by atoms with Gasteiger partial charge in [-0.3, -0.25) is 4.79 Å². The molecular weight excluding hydrogens is 202 g/mol. The van der Waals surface area contributed by atoms with Gasteiger partial charge in [0.15, 0.2) is 0 Å². The average molecular weight is 227 g/mol. The van der Waals surface area contributed by atoms with Crippen LogP contribution in [0.1, 0.15) is 46.5 Å². The third kappa shape index (κ3) is 2.76. The van der Waals surface area contributed by atoms with Crippen LogP contribution in [0.4, 0.5) is 0 Å². The summed E-state index contributed by atoms with van der Waals surface area (Å²) in [6.07, 6.45) is 3.85. The molecular formula is C13H25NO2. The second kappa shape index (κ2) is 4.74. The lowest BCUT2D eigenvalue weighted by Gasteiger charge is -2.48. The normalized spacial score (nSPS) is 33.4. The lowest BCUT2D eigenvalue weighted by molar-refractivity contribution is -0.143. The van der Waals surface area contributed by atoms with Gasteiger partial charge in [-0.2, -0.15) is 0 Å². The molecule has 2 atom stereocenters. The molecule has 16 heavy (non-hydrogen) atoms. The summed E-state index contributed by atoms with van der Waals surface area (Å²) in [6.45, 7) is 6.85. The van der Waals surface area contributed by atoms with Crippen molar-refractivity contribution >= 4 is 5.97 Å². The van der Waals surface area contributed by atoms with E-state index in [1.165, 1.54) is 7.11 Å². The van der Waals surface area contributed by atoms with Gasteiger partial charge in [-0.05, 0) is 37.6 Å². The van der Waals surface area contributed by atoms with Crippen LogP contribution in [-0.4, -0.2) is 25.7 Å². The molecule has 1 fully saturated rings. The van der Waals surface area contributed by atoms with Crippen molar-refractivity contribution in [2.45, 2.75) is 52.0 Å². The second-order valence-electron chi connectivity index (χ2n) is 5.93. The Labute approximate surface area is 98.9 Å². The molecule has 1 aliphatic rings. The summed E-state index contributed by atoms with van der Waals surface area (Å²) in [6, 6.07) is 0. The molecule has 0 saturated heterocycles. The highest BCUT2D eigenvalue weighted by Crippen LogP contribution is 2.45. The van der Waals surface area contributed by atoms with Crippen molar-refractivity contribution in [2.75, 3.05) is 14.2 Å². The van der Waals surface area contributed by atoms with Crippen LogP contribution < -0.4 is 5.32 Å². The molecule has 1 N–H and O–H groups in total. The number of nitrogens with one attached hydrogen (secondary N) is 1. The molecule has 0 heterocycles. The molecule has 0 aromatic heterocycles. The average Bonchev–Trinajstić information content (AvgIpc) is 2.22. The SMILES string of the molecule is CNC1(CC(=O)OC)CCC(C)(C)CC1C. The van der Waals surface area contributed by atoms with Crippen molar-refractivity contribution in [3.8, 4) is 0 Å². The van der Waals surface area contributed by atoms with Crippen molar-refractivity contribution in [3.63, 3.8) is 0 Å². The zero-order chi connectivity index (χ0) is 12.4. The molecule has 1 aliphatic carbocycles. The molecule has 0 radical (unpaired) electrons. The minimum atomic E-state index is -0.110. The molecule has 0 aromatic carbocycles. The van der Waals surface area contributed by atoms with Gasteiger partial charge in [-0.15, -0.1) is 0 Å². The monoisotopic (exact) mass is 227 g/mol. The number of ether oxygens (including phenoxy) is 1. The summed E-state index contributed by atoms with van der Waals surface area (Å²) in [5.74, 6) is 0.390.